The summed E-state index contributed by atoms with van der Waals surface area (Å²) in [7, 11) is 0. The minimum absolute atomic E-state index is 0.0343. The van der Waals surface area contributed by atoms with E-state index < -0.39 is 0 Å². The van der Waals surface area contributed by atoms with E-state index in [4.69, 9.17) is 0 Å². The molecule has 0 aliphatic heterocycles. The van der Waals surface area contributed by atoms with E-state index in [0.717, 1.165) is 35.5 Å². The highest BCUT2D eigenvalue weighted by molar-refractivity contribution is 5.92. The Morgan fingerprint density at radius 2 is 1.68 bits per heavy atom. The smallest absolute Gasteiger partial charge is 0.224 e. The summed E-state index contributed by atoms with van der Waals surface area (Å²) in [5.74, 6) is 0.0343. The maximum atomic E-state index is 12.3. The molecular formula is C21H28N2O2. The fourth-order valence-electron chi connectivity index (χ4n) is 3.14. The zero-order valence-electron chi connectivity index (χ0n) is 15.4. The van der Waals surface area contributed by atoms with Gasteiger partial charge in [0.1, 0.15) is 0 Å². The first kappa shape index (κ1) is 19.0. The largest absolute Gasteiger partial charge is 0.395 e. The fourth-order valence-corrected chi connectivity index (χ4v) is 3.14. The molecule has 0 bridgehead atoms. The van der Waals surface area contributed by atoms with Gasteiger partial charge in [-0.3, -0.25) is 4.79 Å². The molecule has 0 unspecified atom stereocenters. The molecule has 1 amide bonds. The number of amides is 1. The van der Waals surface area contributed by atoms with E-state index in [9.17, 15) is 9.90 Å². The van der Waals surface area contributed by atoms with E-state index in [2.05, 4.69) is 29.3 Å². The van der Waals surface area contributed by atoms with Crippen molar-refractivity contribution in [1.29, 1.82) is 0 Å². The van der Waals surface area contributed by atoms with Crippen LogP contribution in [0.5, 0.6) is 0 Å². The Kier molecular flexibility index (Phi) is 7.02. The van der Waals surface area contributed by atoms with E-state index in [1.807, 2.05) is 44.2 Å². The minimum Gasteiger partial charge on any atom is -0.395 e. The molecule has 0 spiro atoms. The van der Waals surface area contributed by atoms with Crippen LogP contribution in [0.2, 0.25) is 0 Å². The van der Waals surface area contributed by atoms with Crippen molar-refractivity contribution in [1.82, 2.24) is 0 Å². The molecule has 2 N–H and O–H groups in total. The maximum Gasteiger partial charge on any atom is 0.224 e. The molecular weight excluding hydrogens is 312 g/mol. The van der Waals surface area contributed by atoms with Crippen LogP contribution in [0.3, 0.4) is 0 Å². The molecule has 25 heavy (non-hydrogen) atoms. The Bertz CT molecular complexity index is 675. The summed E-state index contributed by atoms with van der Waals surface area (Å²) in [6.45, 7) is 7.52. The summed E-state index contributed by atoms with van der Waals surface area (Å²) in [5, 5.41) is 12.3. The number of anilines is 2. The highest BCUT2D eigenvalue weighted by Gasteiger charge is 2.10. The second-order valence-corrected chi connectivity index (χ2v) is 6.47. The highest BCUT2D eigenvalue weighted by Crippen LogP contribution is 2.22. The SMILES string of the molecule is Cc1cc(C)c(NC(=O)CCCN(CCO)c2ccccc2)c(C)c1. The molecule has 0 heterocycles. The number of benzene rings is 2. The van der Waals surface area contributed by atoms with Gasteiger partial charge in [-0.15, -0.1) is 0 Å². The Balaban J connectivity index is 1.89. The molecule has 4 heteroatoms. The average molecular weight is 340 g/mol. The molecule has 4 nitrogen and oxygen atoms in total. The molecule has 0 atom stereocenters. The molecule has 0 aliphatic rings. The number of hydrogen-bond donors (Lipinski definition) is 2. The van der Waals surface area contributed by atoms with Crippen molar-refractivity contribution in [2.45, 2.75) is 33.6 Å². The van der Waals surface area contributed by atoms with Gasteiger partial charge in [0.2, 0.25) is 5.91 Å². The molecule has 0 fully saturated rings. The Morgan fingerprint density at radius 3 is 2.28 bits per heavy atom. The van der Waals surface area contributed by atoms with E-state index >= 15 is 0 Å². The van der Waals surface area contributed by atoms with Gasteiger partial charge >= 0.3 is 0 Å². The van der Waals surface area contributed by atoms with Crippen molar-refractivity contribution in [3.63, 3.8) is 0 Å². The third-order valence-corrected chi connectivity index (χ3v) is 4.26. The lowest BCUT2D eigenvalue weighted by Gasteiger charge is -2.23. The number of nitrogens with one attached hydrogen (secondary N) is 1. The van der Waals surface area contributed by atoms with Crippen molar-refractivity contribution < 1.29 is 9.90 Å². The van der Waals surface area contributed by atoms with E-state index in [1.165, 1.54) is 5.56 Å². The van der Waals surface area contributed by atoms with Gasteiger partial charge in [0.15, 0.2) is 0 Å². The number of para-hydroxylation sites is 1. The van der Waals surface area contributed by atoms with Gasteiger partial charge in [0, 0.05) is 30.9 Å². The first-order valence-corrected chi connectivity index (χ1v) is 8.80. The molecule has 0 saturated heterocycles. The van der Waals surface area contributed by atoms with Crippen molar-refractivity contribution >= 4 is 17.3 Å². The fraction of sp³-hybridized carbons (Fsp3) is 0.381. The van der Waals surface area contributed by atoms with E-state index in [-0.39, 0.29) is 12.5 Å². The number of aliphatic hydroxyl groups is 1. The van der Waals surface area contributed by atoms with Gasteiger partial charge in [-0.05, 0) is 50.5 Å². The van der Waals surface area contributed by atoms with E-state index in [1.54, 1.807) is 0 Å². The Labute approximate surface area is 150 Å². The molecule has 2 aromatic carbocycles. The van der Waals surface area contributed by atoms with Crippen LogP contribution in [0.4, 0.5) is 11.4 Å². The second-order valence-electron chi connectivity index (χ2n) is 6.47. The van der Waals surface area contributed by atoms with Crippen molar-refractivity contribution in [2.24, 2.45) is 0 Å². The Hall–Kier alpha value is -2.33. The van der Waals surface area contributed by atoms with Gasteiger partial charge in [0.25, 0.3) is 0 Å². The number of aryl methyl sites for hydroxylation is 3. The summed E-state index contributed by atoms with van der Waals surface area (Å²) in [6.07, 6.45) is 1.20. The third kappa shape index (κ3) is 5.61. The van der Waals surface area contributed by atoms with Crippen molar-refractivity contribution in [3.8, 4) is 0 Å². The van der Waals surface area contributed by atoms with Crippen LogP contribution in [-0.4, -0.2) is 30.7 Å². The molecule has 2 rings (SSSR count). The quantitative estimate of drug-likeness (QED) is 0.768. The topological polar surface area (TPSA) is 52.6 Å². The summed E-state index contributed by atoms with van der Waals surface area (Å²) < 4.78 is 0. The minimum atomic E-state index is 0.0343. The standard InChI is InChI=1S/C21H28N2O2/c1-16-14-17(2)21(18(3)15-16)22-20(25)10-7-11-23(12-13-24)19-8-5-4-6-9-19/h4-6,8-9,14-15,24H,7,10-13H2,1-3H3,(H,22,25). The molecule has 0 aromatic heterocycles. The van der Waals surface area contributed by atoms with E-state index in [0.29, 0.717) is 13.0 Å². The summed E-state index contributed by atoms with van der Waals surface area (Å²) in [5.41, 5.74) is 5.39. The van der Waals surface area contributed by atoms with Crippen LogP contribution in [0.25, 0.3) is 0 Å². The number of carbonyl (C=O) groups excluding carboxylic acids is 1. The zero-order chi connectivity index (χ0) is 18.2. The molecule has 0 saturated carbocycles. The lowest BCUT2D eigenvalue weighted by Crippen LogP contribution is -2.28. The van der Waals surface area contributed by atoms with Crippen LogP contribution in [-0.2, 0) is 4.79 Å². The molecule has 0 aliphatic carbocycles. The second kappa shape index (κ2) is 9.23. The first-order valence-electron chi connectivity index (χ1n) is 8.80. The maximum absolute atomic E-state index is 12.3. The number of carbonyl (C=O) groups is 1. The predicted octanol–water partition coefficient (Wildman–Crippen LogP) is 3.83. The van der Waals surface area contributed by atoms with Crippen LogP contribution in [0.15, 0.2) is 42.5 Å². The van der Waals surface area contributed by atoms with Gasteiger partial charge in [-0.25, -0.2) is 0 Å². The zero-order valence-corrected chi connectivity index (χ0v) is 15.4. The lowest BCUT2D eigenvalue weighted by atomic mass is 10.0. The van der Waals surface area contributed by atoms with Crippen molar-refractivity contribution in [2.75, 3.05) is 29.9 Å². The van der Waals surface area contributed by atoms with Gasteiger partial charge in [-0.2, -0.15) is 0 Å². The average Bonchev–Trinajstić information content (AvgIpc) is 2.58. The number of aliphatic hydroxyl groups excluding tert-OH is 1. The lowest BCUT2D eigenvalue weighted by molar-refractivity contribution is -0.116. The summed E-state index contributed by atoms with van der Waals surface area (Å²) in [6, 6.07) is 14.1. The third-order valence-electron chi connectivity index (χ3n) is 4.26. The van der Waals surface area contributed by atoms with Crippen LogP contribution >= 0.6 is 0 Å². The number of nitrogens with zero attached hydrogens (tertiary/aromatic N) is 1. The normalized spacial score (nSPS) is 10.6. The molecule has 0 radical (unpaired) electrons. The highest BCUT2D eigenvalue weighted by atomic mass is 16.3. The Morgan fingerprint density at radius 1 is 1.04 bits per heavy atom. The van der Waals surface area contributed by atoms with Crippen LogP contribution in [0, 0.1) is 20.8 Å². The predicted molar refractivity (Wildman–Crippen MR) is 104 cm³/mol. The first-order chi connectivity index (χ1) is 12.0. The summed E-state index contributed by atoms with van der Waals surface area (Å²) in [4.78, 5) is 14.4. The van der Waals surface area contributed by atoms with Gasteiger partial charge in [0.05, 0.1) is 6.61 Å². The van der Waals surface area contributed by atoms with Gasteiger partial charge in [-0.1, -0.05) is 35.9 Å². The van der Waals surface area contributed by atoms with Gasteiger partial charge < -0.3 is 15.3 Å². The van der Waals surface area contributed by atoms with Crippen LogP contribution < -0.4 is 10.2 Å². The monoisotopic (exact) mass is 340 g/mol. The molecule has 2 aromatic rings. The summed E-state index contributed by atoms with van der Waals surface area (Å²) >= 11 is 0. The van der Waals surface area contributed by atoms with Crippen LogP contribution in [0.1, 0.15) is 29.5 Å². The number of hydrogen-bond acceptors (Lipinski definition) is 3. The number of rotatable bonds is 8. The molecule has 134 valence electrons. The van der Waals surface area contributed by atoms with Crippen molar-refractivity contribution in [3.05, 3.63) is 59.2 Å².